The number of nitro groups is 1. The molecule has 0 saturated heterocycles. The fourth-order valence-electron chi connectivity index (χ4n) is 1.78. The van der Waals surface area contributed by atoms with E-state index in [9.17, 15) is 19.7 Å². The molecule has 0 amide bonds. The Morgan fingerprint density at radius 3 is 2.40 bits per heavy atom. The molecule has 2 aromatic rings. The molecule has 8 heteroatoms. The number of nitrogens with zero attached hydrogens (tertiary/aromatic N) is 3. The van der Waals surface area contributed by atoms with Gasteiger partial charge in [-0.15, -0.1) is 0 Å². The van der Waals surface area contributed by atoms with Gasteiger partial charge in [0.25, 0.3) is 0 Å². The van der Waals surface area contributed by atoms with E-state index in [1.165, 1.54) is 19.0 Å². The molecule has 104 valence electrons. The number of para-hydroxylation sites is 1. The Balaban J connectivity index is 2.72. The van der Waals surface area contributed by atoms with E-state index in [1.807, 2.05) is 0 Å². The minimum Gasteiger partial charge on any atom is -0.325 e. The van der Waals surface area contributed by atoms with Crippen LogP contribution in [0.1, 0.15) is 0 Å². The van der Waals surface area contributed by atoms with Gasteiger partial charge in [0, 0.05) is 19.8 Å². The van der Waals surface area contributed by atoms with Crippen LogP contribution in [0.25, 0.3) is 0 Å². The number of hydrogen-bond acceptors (Lipinski definition) is 5. The van der Waals surface area contributed by atoms with Crippen LogP contribution in [0.5, 0.6) is 0 Å². The predicted octanol–water partition coefficient (Wildman–Crippen LogP) is 0.750. The van der Waals surface area contributed by atoms with Gasteiger partial charge in [-0.05, 0) is 12.1 Å². The first-order chi connectivity index (χ1) is 9.43. The highest BCUT2D eigenvalue weighted by Crippen LogP contribution is 2.26. The van der Waals surface area contributed by atoms with E-state index in [0.29, 0.717) is 10.3 Å². The molecular weight excluding hydrogens is 264 g/mol. The molecule has 0 aliphatic heterocycles. The van der Waals surface area contributed by atoms with Gasteiger partial charge in [0.2, 0.25) is 0 Å². The van der Waals surface area contributed by atoms with Crippen LogP contribution in [-0.4, -0.2) is 21.5 Å². The molecule has 0 radical (unpaired) electrons. The predicted molar refractivity (Wildman–Crippen MR) is 73.5 cm³/mol. The summed E-state index contributed by atoms with van der Waals surface area (Å²) in [7, 11) is 2.72. The third-order valence-electron chi connectivity index (χ3n) is 2.92. The van der Waals surface area contributed by atoms with Crippen LogP contribution >= 0.6 is 0 Å². The van der Waals surface area contributed by atoms with E-state index in [4.69, 9.17) is 0 Å². The Morgan fingerprint density at radius 2 is 1.85 bits per heavy atom. The first-order valence-electron chi connectivity index (χ1n) is 5.70. The Hall–Kier alpha value is -2.90. The molecule has 0 saturated carbocycles. The van der Waals surface area contributed by atoms with Crippen molar-refractivity contribution in [3.05, 3.63) is 61.3 Å². The second kappa shape index (κ2) is 5.00. The van der Waals surface area contributed by atoms with Crippen LogP contribution < -0.4 is 16.1 Å². The zero-order chi connectivity index (χ0) is 14.9. The molecule has 2 rings (SSSR count). The van der Waals surface area contributed by atoms with Crippen LogP contribution in [0.15, 0.2) is 39.9 Å². The number of aromatic nitrogens is 2. The summed E-state index contributed by atoms with van der Waals surface area (Å²) in [6.45, 7) is 0. The Labute approximate surface area is 113 Å². The number of benzene rings is 1. The molecule has 0 atom stereocenters. The summed E-state index contributed by atoms with van der Waals surface area (Å²) in [6, 6.07) is 8.70. The van der Waals surface area contributed by atoms with Crippen LogP contribution in [0.4, 0.5) is 17.2 Å². The summed E-state index contributed by atoms with van der Waals surface area (Å²) in [4.78, 5) is 37.5. The number of hydrogen-bond donors (Lipinski definition) is 1. The second-order valence-electron chi connectivity index (χ2n) is 4.14. The maximum atomic E-state index is 11.9. The molecule has 0 unspecified atom stereocenters. The van der Waals surface area contributed by atoms with Gasteiger partial charge in [-0.1, -0.05) is 18.2 Å². The van der Waals surface area contributed by atoms with Crippen molar-refractivity contribution in [3.8, 4) is 0 Å². The zero-order valence-electron chi connectivity index (χ0n) is 10.9. The van der Waals surface area contributed by atoms with Crippen molar-refractivity contribution in [2.45, 2.75) is 0 Å². The summed E-state index contributed by atoms with van der Waals surface area (Å²) in [5.74, 6) is -0.144. The van der Waals surface area contributed by atoms with Gasteiger partial charge < -0.3 is 4.90 Å². The number of anilines is 2. The molecule has 0 spiro atoms. The van der Waals surface area contributed by atoms with Gasteiger partial charge >= 0.3 is 16.9 Å². The fraction of sp³-hybridized carbons (Fsp3) is 0.167. The number of H-pyrrole nitrogens is 1. The summed E-state index contributed by atoms with van der Waals surface area (Å²) >= 11 is 0. The quantitative estimate of drug-likeness (QED) is 0.658. The molecule has 1 aromatic carbocycles. The SMILES string of the molecule is CN(c1ccccc1)c1[nH]c(=O)n(C)c(=O)c1[N+](=O)[O-]. The minimum absolute atomic E-state index is 0.144. The highest BCUT2D eigenvalue weighted by Gasteiger charge is 2.26. The Bertz CT molecular complexity index is 763. The Morgan fingerprint density at radius 1 is 1.25 bits per heavy atom. The lowest BCUT2D eigenvalue weighted by Gasteiger charge is -2.18. The normalized spacial score (nSPS) is 10.3. The van der Waals surface area contributed by atoms with Crippen molar-refractivity contribution in [2.75, 3.05) is 11.9 Å². The average Bonchev–Trinajstić information content (AvgIpc) is 2.44. The molecular formula is C12H12N4O4. The topological polar surface area (TPSA) is 101 Å². The largest absolute Gasteiger partial charge is 0.374 e. The van der Waals surface area contributed by atoms with Crippen molar-refractivity contribution in [1.29, 1.82) is 0 Å². The van der Waals surface area contributed by atoms with Gasteiger partial charge in [0.1, 0.15) is 0 Å². The summed E-state index contributed by atoms with van der Waals surface area (Å²) in [5.41, 5.74) is -1.71. The van der Waals surface area contributed by atoms with Crippen molar-refractivity contribution in [3.63, 3.8) is 0 Å². The van der Waals surface area contributed by atoms with Crippen LogP contribution in [0.3, 0.4) is 0 Å². The van der Waals surface area contributed by atoms with E-state index in [-0.39, 0.29) is 5.82 Å². The summed E-state index contributed by atoms with van der Waals surface area (Å²) in [5, 5.41) is 11.1. The maximum absolute atomic E-state index is 11.9. The lowest BCUT2D eigenvalue weighted by atomic mass is 10.3. The third kappa shape index (κ3) is 2.18. The average molecular weight is 276 g/mol. The highest BCUT2D eigenvalue weighted by atomic mass is 16.6. The van der Waals surface area contributed by atoms with Crippen molar-refractivity contribution >= 4 is 17.2 Å². The number of aromatic amines is 1. The fourth-order valence-corrected chi connectivity index (χ4v) is 1.78. The monoisotopic (exact) mass is 276 g/mol. The van der Waals surface area contributed by atoms with Crippen molar-refractivity contribution in [2.24, 2.45) is 7.05 Å². The summed E-state index contributed by atoms with van der Waals surface area (Å²) in [6.07, 6.45) is 0. The molecule has 1 aromatic heterocycles. The smallest absolute Gasteiger partial charge is 0.325 e. The summed E-state index contributed by atoms with van der Waals surface area (Å²) < 4.78 is 0.667. The zero-order valence-corrected chi connectivity index (χ0v) is 10.9. The van der Waals surface area contributed by atoms with E-state index in [2.05, 4.69) is 4.98 Å². The highest BCUT2D eigenvalue weighted by molar-refractivity contribution is 5.66. The van der Waals surface area contributed by atoms with Crippen LogP contribution in [0, 0.1) is 10.1 Å². The molecule has 1 N–H and O–H groups in total. The van der Waals surface area contributed by atoms with E-state index in [0.717, 1.165) is 0 Å². The molecule has 1 heterocycles. The van der Waals surface area contributed by atoms with Gasteiger partial charge in [-0.25, -0.2) is 4.79 Å². The number of rotatable bonds is 3. The third-order valence-corrected chi connectivity index (χ3v) is 2.92. The van der Waals surface area contributed by atoms with Crippen LogP contribution in [0.2, 0.25) is 0 Å². The van der Waals surface area contributed by atoms with E-state index >= 15 is 0 Å². The van der Waals surface area contributed by atoms with Gasteiger partial charge in [-0.3, -0.25) is 24.5 Å². The lowest BCUT2D eigenvalue weighted by molar-refractivity contribution is -0.386. The van der Waals surface area contributed by atoms with Crippen LogP contribution in [-0.2, 0) is 7.05 Å². The van der Waals surface area contributed by atoms with Crippen molar-refractivity contribution in [1.82, 2.24) is 9.55 Å². The molecule has 0 bridgehead atoms. The van der Waals surface area contributed by atoms with Crippen molar-refractivity contribution < 1.29 is 4.92 Å². The van der Waals surface area contributed by atoms with E-state index < -0.39 is 21.9 Å². The number of nitrogens with one attached hydrogen (secondary N) is 1. The molecule has 0 aliphatic carbocycles. The molecule has 0 fully saturated rings. The van der Waals surface area contributed by atoms with Gasteiger partial charge in [-0.2, -0.15) is 0 Å². The minimum atomic E-state index is -0.948. The second-order valence-corrected chi connectivity index (χ2v) is 4.14. The lowest BCUT2D eigenvalue weighted by Crippen LogP contribution is -2.36. The maximum Gasteiger partial charge on any atom is 0.374 e. The molecule has 8 nitrogen and oxygen atoms in total. The Kier molecular flexibility index (Phi) is 3.38. The standard InChI is InChI=1S/C12H12N4O4/c1-14(8-6-4-3-5-7-8)10-9(16(19)20)11(17)15(2)12(18)13-10/h3-7H,1-2H3,(H,13,18). The first-order valence-corrected chi connectivity index (χ1v) is 5.70. The molecule has 20 heavy (non-hydrogen) atoms. The van der Waals surface area contributed by atoms with E-state index in [1.54, 1.807) is 30.3 Å². The molecule has 0 aliphatic rings. The van der Waals surface area contributed by atoms with Gasteiger partial charge in [0.05, 0.1) is 4.92 Å². The van der Waals surface area contributed by atoms with Gasteiger partial charge in [0.15, 0.2) is 5.82 Å². The first kappa shape index (κ1) is 13.5.